The third-order valence-corrected chi connectivity index (χ3v) is 3.84. The van der Waals surface area contributed by atoms with Crippen molar-refractivity contribution < 1.29 is 13.5 Å². The first-order valence-electron chi connectivity index (χ1n) is 4.15. The minimum atomic E-state index is -2.73. The van der Waals surface area contributed by atoms with Gasteiger partial charge in [0, 0.05) is 12.6 Å². The van der Waals surface area contributed by atoms with Gasteiger partial charge in [0.1, 0.15) is 0 Å². The molecule has 0 aromatic carbocycles. The van der Waals surface area contributed by atoms with Gasteiger partial charge in [0.2, 0.25) is 0 Å². The van der Waals surface area contributed by atoms with Crippen molar-refractivity contribution in [2.75, 3.05) is 18.1 Å². The van der Waals surface area contributed by atoms with E-state index in [2.05, 4.69) is 5.32 Å². The van der Waals surface area contributed by atoms with Crippen molar-refractivity contribution in [1.82, 2.24) is 5.32 Å². The van der Waals surface area contributed by atoms with Crippen LogP contribution in [0.5, 0.6) is 0 Å². The van der Waals surface area contributed by atoms with E-state index < -0.39 is 9.84 Å². The number of aliphatic hydroxyl groups is 1. The molecule has 1 aliphatic rings. The lowest BCUT2D eigenvalue weighted by Crippen LogP contribution is -2.52. The molecule has 0 amide bonds. The lowest BCUT2D eigenvalue weighted by Gasteiger charge is -2.27. The van der Waals surface area contributed by atoms with E-state index in [9.17, 15) is 8.42 Å². The average Bonchev–Trinajstić information content (AvgIpc) is 1.96. The van der Waals surface area contributed by atoms with Crippen LogP contribution in [0.25, 0.3) is 0 Å². The molecule has 1 atom stereocenters. The van der Waals surface area contributed by atoms with Crippen LogP contribution < -0.4 is 5.32 Å². The molecule has 0 radical (unpaired) electrons. The molecule has 0 saturated carbocycles. The van der Waals surface area contributed by atoms with Gasteiger partial charge < -0.3 is 10.4 Å². The highest BCUT2D eigenvalue weighted by Crippen LogP contribution is 2.09. The topological polar surface area (TPSA) is 66.4 Å². The minimum absolute atomic E-state index is 0.0659. The number of rotatable bonds is 4. The summed E-state index contributed by atoms with van der Waals surface area (Å²) in [6, 6.07) is 0.0659. The van der Waals surface area contributed by atoms with E-state index in [1.165, 1.54) is 0 Å². The van der Waals surface area contributed by atoms with Gasteiger partial charge in [0.05, 0.1) is 17.6 Å². The molecule has 1 saturated heterocycles. The smallest absolute Gasteiger partial charge is 0.153 e. The van der Waals surface area contributed by atoms with Crippen molar-refractivity contribution in [3.8, 4) is 0 Å². The maximum Gasteiger partial charge on any atom is 0.153 e. The first-order chi connectivity index (χ1) is 5.53. The molecule has 1 aliphatic heterocycles. The van der Waals surface area contributed by atoms with Gasteiger partial charge in [-0.25, -0.2) is 8.42 Å². The monoisotopic (exact) mass is 193 g/mol. The fourth-order valence-electron chi connectivity index (χ4n) is 1.13. The molecule has 0 aromatic heterocycles. The van der Waals surface area contributed by atoms with Crippen LogP contribution in [0.3, 0.4) is 0 Å². The van der Waals surface area contributed by atoms with Gasteiger partial charge in [-0.3, -0.25) is 0 Å². The van der Waals surface area contributed by atoms with Crippen LogP contribution in [0.1, 0.15) is 13.3 Å². The Morgan fingerprint density at radius 1 is 1.58 bits per heavy atom. The first-order valence-corrected chi connectivity index (χ1v) is 5.97. The first kappa shape index (κ1) is 9.95. The van der Waals surface area contributed by atoms with Gasteiger partial charge in [-0.05, 0) is 6.42 Å². The van der Waals surface area contributed by atoms with Crippen molar-refractivity contribution in [2.45, 2.75) is 25.5 Å². The van der Waals surface area contributed by atoms with Crippen molar-refractivity contribution in [3.05, 3.63) is 0 Å². The van der Waals surface area contributed by atoms with Gasteiger partial charge in [-0.1, -0.05) is 6.92 Å². The van der Waals surface area contributed by atoms with E-state index in [0.29, 0.717) is 13.0 Å². The number of sulfone groups is 1. The van der Waals surface area contributed by atoms with Gasteiger partial charge >= 0.3 is 0 Å². The Morgan fingerprint density at radius 3 is 2.58 bits per heavy atom. The van der Waals surface area contributed by atoms with E-state index in [1.54, 1.807) is 0 Å². The zero-order chi connectivity index (χ0) is 9.19. The zero-order valence-corrected chi connectivity index (χ0v) is 7.97. The van der Waals surface area contributed by atoms with Gasteiger partial charge in [0.25, 0.3) is 0 Å². The molecular weight excluding hydrogens is 178 g/mol. The Kier molecular flexibility index (Phi) is 3.09. The summed E-state index contributed by atoms with van der Waals surface area (Å²) in [6.45, 7) is 2.39. The second kappa shape index (κ2) is 3.72. The summed E-state index contributed by atoms with van der Waals surface area (Å²) in [5, 5.41) is 12.1. The van der Waals surface area contributed by atoms with E-state index in [-0.39, 0.29) is 23.7 Å². The molecule has 5 heteroatoms. The number of aliphatic hydroxyl groups excluding tert-OH is 1. The highest BCUT2D eigenvalue weighted by molar-refractivity contribution is 7.92. The molecule has 1 unspecified atom stereocenters. The molecular formula is C7H15NO3S. The van der Waals surface area contributed by atoms with Crippen LogP contribution in [-0.2, 0) is 9.84 Å². The molecule has 0 spiro atoms. The summed E-state index contributed by atoms with van der Waals surface area (Å²) < 4.78 is 21.4. The van der Waals surface area contributed by atoms with Crippen molar-refractivity contribution >= 4 is 9.84 Å². The van der Waals surface area contributed by atoms with Crippen molar-refractivity contribution in [2.24, 2.45) is 0 Å². The third kappa shape index (κ3) is 2.73. The van der Waals surface area contributed by atoms with Crippen LogP contribution in [0.2, 0.25) is 0 Å². The molecule has 1 fully saturated rings. The normalized spacial score (nSPS) is 24.8. The lowest BCUT2D eigenvalue weighted by molar-refractivity contribution is 0.164. The number of hydrogen-bond acceptors (Lipinski definition) is 4. The van der Waals surface area contributed by atoms with Gasteiger partial charge in [-0.15, -0.1) is 0 Å². The predicted molar refractivity (Wildman–Crippen MR) is 46.7 cm³/mol. The molecule has 1 rings (SSSR count). The summed E-state index contributed by atoms with van der Waals surface area (Å²) in [7, 11) is -2.73. The molecule has 4 nitrogen and oxygen atoms in total. The Morgan fingerprint density at radius 2 is 2.17 bits per heavy atom. The van der Waals surface area contributed by atoms with Crippen molar-refractivity contribution in [1.29, 1.82) is 0 Å². The second-order valence-corrected chi connectivity index (χ2v) is 5.40. The fourth-order valence-corrected chi connectivity index (χ4v) is 2.49. The lowest BCUT2D eigenvalue weighted by atomic mass is 10.2. The van der Waals surface area contributed by atoms with E-state index in [0.717, 1.165) is 0 Å². The van der Waals surface area contributed by atoms with E-state index in [1.807, 2.05) is 6.92 Å². The largest absolute Gasteiger partial charge is 0.392 e. The molecule has 72 valence electrons. The molecule has 0 aliphatic carbocycles. The summed E-state index contributed by atoms with van der Waals surface area (Å²) >= 11 is 0. The third-order valence-electron chi connectivity index (χ3n) is 2.02. The van der Waals surface area contributed by atoms with Crippen LogP contribution in [-0.4, -0.2) is 43.7 Å². The van der Waals surface area contributed by atoms with Crippen LogP contribution in [0, 0.1) is 0 Å². The predicted octanol–water partition coefficient (Wildman–Crippen LogP) is -0.856. The molecule has 1 heterocycles. The summed E-state index contributed by atoms with van der Waals surface area (Å²) in [6.07, 6.45) is 0.347. The van der Waals surface area contributed by atoms with E-state index >= 15 is 0 Å². The van der Waals surface area contributed by atoms with Crippen molar-refractivity contribution in [3.63, 3.8) is 0 Å². The van der Waals surface area contributed by atoms with Crippen LogP contribution in [0.4, 0.5) is 0 Å². The zero-order valence-electron chi connectivity index (χ0n) is 7.16. The molecule has 0 bridgehead atoms. The second-order valence-electron chi connectivity index (χ2n) is 3.24. The summed E-state index contributed by atoms with van der Waals surface area (Å²) in [5.41, 5.74) is 0. The maximum atomic E-state index is 10.7. The van der Waals surface area contributed by atoms with Gasteiger partial charge in [0.15, 0.2) is 9.84 Å². The Labute approximate surface area is 72.9 Å². The number of hydrogen-bond donors (Lipinski definition) is 2. The fraction of sp³-hybridized carbons (Fsp3) is 1.00. The summed E-state index contributed by atoms with van der Waals surface area (Å²) in [4.78, 5) is 0. The SMILES string of the molecule is CCC(O)CNC1CS(=O)(=O)C1. The number of nitrogens with one attached hydrogen (secondary N) is 1. The Bertz CT molecular complexity index is 225. The molecule has 0 aromatic rings. The minimum Gasteiger partial charge on any atom is -0.392 e. The highest BCUT2D eigenvalue weighted by Gasteiger charge is 2.32. The molecule has 2 N–H and O–H groups in total. The Balaban J connectivity index is 2.12. The van der Waals surface area contributed by atoms with Gasteiger partial charge in [-0.2, -0.15) is 0 Å². The van der Waals surface area contributed by atoms with E-state index in [4.69, 9.17) is 5.11 Å². The highest BCUT2D eigenvalue weighted by atomic mass is 32.2. The standard InChI is InChI=1S/C7H15NO3S/c1-2-7(9)3-8-6-4-12(10,11)5-6/h6-9H,2-5H2,1H3. The summed E-state index contributed by atoms with van der Waals surface area (Å²) in [5.74, 6) is 0.451. The Hall–Kier alpha value is -0.130. The maximum absolute atomic E-state index is 10.7. The quantitative estimate of drug-likeness (QED) is 0.610. The van der Waals surface area contributed by atoms with Crippen LogP contribution in [0.15, 0.2) is 0 Å². The molecule has 12 heavy (non-hydrogen) atoms. The average molecular weight is 193 g/mol. The van der Waals surface area contributed by atoms with Crippen LogP contribution >= 0.6 is 0 Å².